The first-order chi connectivity index (χ1) is 7.99. The topological polar surface area (TPSA) is 49.3 Å². The van der Waals surface area contributed by atoms with E-state index in [4.69, 9.17) is 16.7 Å². The molecule has 0 fully saturated rings. The lowest BCUT2D eigenvalue weighted by Crippen LogP contribution is -2.28. The Balaban J connectivity index is 2.58. The van der Waals surface area contributed by atoms with Gasteiger partial charge < -0.3 is 10.4 Å². The van der Waals surface area contributed by atoms with Crippen LogP contribution in [0.1, 0.15) is 12.5 Å². The van der Waals surface area contributed by atoms with Crippen LogP contribution in [0, 0.1) is 5.82 Å². The summed E-state index contributed by atoms with van der Waals surface area (Å²) in [7, 11) is 0. The molecule has 1 aromatic rings. The lowest BCUT2D eigenvalue weighted by atomic mass is 10.2. The van der Waals surface area contributed by atoms with Crippen LogP contribution in [-0.4, -0.2) is 23.7 Å². The van der Waals surface area contributed by atoms with Gasteiger partial charge in [0.15, 0.2) is 0 Å². The van der Waals surface area contributed by atoms with Crippen molar-refractivity contribution < 1.29 is 14.3 Å². The minimum atomic E-state index is -0.590. The minimum Gasteiger partial charge on any atom is -0.392 e. The van der Waals surface area contributed by atoms with Gasteiger partial charge in [-0.05, 0) is 30.7 Å². The molecule has 1 atom stereocenters. The van der Waals surface area contributed by atoms with Crippen LogP contribution in [0.25, 0.3) is 6.08 Å². The third kappa shape index (κ3) is 4.97. The Morgan fingerprint density at radius 1 is 1.65 bits per heavy atom. The largest absolute Gasteiger partial charge is 0.392 e. The van der Waals surface area contributed by atoms with Crippen molar-refractivity contribution >= 4 is 23.6 Å². The normalized spacial score (nSPS) is 12.7. The zero-order valence-electron chi connectivity index (χ0n) is 9.28. The zero-order valence-corrected chi connectivity index (χ0v) is 10.0. The van der Waals surface area contributed by atoms with Gasteiger partial charge >= 0.3 is 0 Å². The van der Waals surface area contributed by atoms with Crippen LogP contribution in [0.15, 0.2) is 24.3 Å². The highest BCUT2D eigenvalue weighted by molar-refractivity contribution is 6.30. The third-order valence-electron chi connectivity index (χ3n) is 1.94. The smallest absolute Gasteiger partial charge is 0.244 e. The number of aliphatic hydroxyl groups is 1. The first-order valence-electron chi connectivity index (χ1n) is 5.08. The average Bonchev–Trinajstić information content (AvgIpc) is 2.28. The summed E-state index contributed by atoms with van der Waals surface area (Å²) in [4.78, 5) is 11.3. The average molecular weight is 258 g/mol. The summed E-state index contributed by atoms with van der Waals surface area (Å²) in [5.41, 5.74) is 0.628. The Morgan fingerprint density at radius 2 is 2.35 bits per heavy atom. The molecule has 5 heteroatoms. The summed E-state index contributed by atoms with van der Waals surface area (Å²) < 4.78 is 12.8. The number of nitrogens with one attached hydrogen (secondary N) is 1. The molecule has 2 N–H and O–H groups in total. The number of benzene rings is 1. The molecule has 0 saturated carbocycles. The van der Waals surface area contributed by atoms with E-state index in [1.165, 1.54) is 30.4 Å². The lowest BCUT2D eigenvalue weighted by Gasteiger charge is -2.03. The van der Waals surface area contributed by atoms with Gasteiger partial charge in [0.25, 0.3) is 0 Å². The molecule has 17 heavy (non-hydrogen) atoms. The second-order valence-corrected chi connectivity index (χ2v) is 4.01. The fourth-order valence-electron chi connectivity index (χ4n) is 1.10. The number of amides is 1. The van der Waals surface area contributed by atoms with Crippen molar-refractivity contribution in [3.63, 3.8) is 0 Å². The van der Waals surface area contributed by atoms with Crippen molar-refractivity contribution in [2.75, 3.05) is 6.54 Å². The molecule has 0 radical (unpaired) electrons. The van der Waals surface area contributed by atoms with E-state index in [-0.39, 0.29) is 17.5 Å². The molecular weight excluding hydrogens is 245 g/mol. The van der Waals surface area contributed by atoms with Gasteiger partial charge in [0.1, 0.15) is 5.82 Å². The molecule has 0 aliphatic carbocycles. The predicted molar refractivity (Wildman–Crippen MR) is 65.1 cm³/mol. The standard InChI is InChI=1S/C12H13ClFNO2/c1-8(16)7-15-12(17)5-3-9-2-4-11(14)10(13)6-9/h2-6,8,16H,7H2,1H3,(H,15,17)/b5-3+/t8-/m0/s1. The highest BCUT2D eigenvalue weighted by atomic mass is 35.5. The van der Waals surface area contributed by atoms with Gasteiger partial charge in [-0.1, -0.05) is 17.7 Å². The maximum Gasteiger partial charge on any atom is 0.244 e. The van der Waals surface area contributed by atoms with Crippen molar-refractivity contribution in [2.24, 2.45) is 0 Å². The highest BCUT2D eigenvalue weighted by Gasteiger charge is 2.00. The Labute approximate surface area is 104 Å². The first-order valence-corrected chi connectivity index (χ1v) is 5.46. The fourth-order valence-corrected chi connectivity index (χ4v) is 1.28. The summed E-state index contributed by atoms with van der Waals surface area (Å²) in [6.07, 6.45) is 2.22. The molecule has 0 bridgehead atoms. The molecular formula is C12H13ClFNO2. The lowest BCUT2D eigenvalue weighted by molar-refractivity contribution is -0.116. The van der Waals surface area contributed by atoms with E-state index in [0.29, 0.717) is 5.56 Å². The Morgan fingerprint density at radius 3 is 2.94 bits per heavy atom. The van der Waals surface area contributed by atoms with Crippen molar-refractivity contribution in [3.05, 3.63) is 40.7 Å². The molecule has 0 spiro atoms. The van der Waals surface area contributed by atoms with Crippen LogP contribution in [0.2, 0.25) is 5.02 Å². The predicted octanol–water partition coefficient (Wildman–Crippen LogP) is 1.99. The molecule has 0 saturated heterocycles. The Kier molecular flexibility index (Phi) is 5.12. The van der Waals surface area contributed by atoms with Crippen LogP contribution in [0.5, 0.6) is 0 Å². The first kappa shape index (κ1) is 13.7. The van der Waals surface area contributed by atoms with E-state index in [1.54, 1.807) is 6.92 Å². The van der Waals surface area contributed by atoms with E-state index >= 15 is 0 Å². The third-order valence-corrected chi connectivity index (χ3v) is 2.23. The van der Waals surface area contributed by atoms with Gasteiger partial charge in [-0.15, -0.1) is 0 Å². The minimum absolute atomic E-state index is 0.0107. The molecule has 0 heterocycles. The van der Waals surface area contributed by atoms with E-state index < -0.39 is 11.9 Å². The SMILES string of the molecule is C[C@H](O)CNC(=O)/C=C/c1ccc(F)c(Cl)c1. The number of halogens is 2. The number of carbonyl (C=O) groups is 1. The Hall–Kier alpha value is -1.39. The summed E-state index contributed by atoms with van der Waals surface area (Å²) in [5.74, 6) is -0.825. The molecule has 3 nitrogen and oxygen atoms in total. The molecule has 1 amide bonds. The number of rotatable bonds is 4. The quantitative estimate of drug-likeness (QED) is 0.811. The van der Waals surface area contributed by atoms with Crippen molar-refractivity contribution in [1.82, 2.24) is 5.32 Å². The van der Waals surface area contributed by atoms with Crippen LogP contribution in [0.3, 0.4) is 0 Å². The van der Waals surface area contributed by atoms with Crippen molar-refractivity contribution in [2.45, 2.75) is 13.0 Å². The second-order valence-electron chi connectivity index (χ2n) is 3.60. The number of carbonyl (C=O) groups excluding carboxylic acids is 1. The molecule has 0 aromatic heterocycles. The molecule has 1 aromatic carbocycles. The number of hydrogen-bond donors (Lipinski definition) is 2. The van der Waals surface area contributed by atoms with Crippen LogP contribution < -0.4 is 5.32 Å². The van der Waals surface area contributed by atoms with Gasteiger partial charge in [0.05, 0.1) is 11.1 Å². The summed E-state index contributed by atoms with van der Waals surface area (Å²) in [6, 6.07) is 4.17. The van der Waals surface area contributed by atoms with Crippen LogP contribution in [-0.2, 0) is 4.79 Å². The van der Waals surface area contributed by atoms with Crippen LogP contribution >= 0.6 is 11.6 Å². The summed E-state index contributed by atoms with van der Waals surface area (Å²) >= 11 is 5.59. The number of aliphatic hydroxyl groups excluding tert-OH is 1. The molecule has 0 aliphatic rings. The van der Waals surface area contributed by atoms with E-state index in [2.05, 4.69) is 5.32 Å². The zero-order chi connectivity index (χ0) is 12.8. The molecule has 92 valence electrons. The fraction of sp³-hybridized carbons (Fsp3) is 0.250. The van der Waals surface area contributed by atoms with Gasteiger partial charge in [-0.25, -0.2) is 4.39 Å². The van der Waals surface area contributed by atoms with Crippen molar-refractivity contribution in [1.29, 1.82) is 0 Å². The van der Waals surface area contributed by atoms with Crippen LogP contribution in [0.4, 0.5) is 4.39 Å². The van der Waals surface area contributed by atoms with Gasteiger partial charge in [0, 0.05) is 12.6 Å². The molecule has 0 aliphatic heterocycles. The van der Waals surface area contributed by atoms with Crippen molar-refractivity contribution in [3.8, 4) is 0 Å². The van der Waals surface area contributed by atoms with Gasteiger partial charge in [-0.2, -0.15) is 0 Å². The van der Waals surface area contributed by atoms with Gasteiger partial charge in [0.2, 0.25) is 5.91 Å². The highest BCUT2D eigenvalue weighted by Crippen LogP contribution is 2.16. The maximum absolute atomic E-state index is 12.8. The van der Waals surface area contributed by atoms with E-state index in [0.717, 1.165) is 0 Å². The monoisotopic (exact) mass is 257 g/mol. The molecule has 0 unspecified atom stereocenters. The Bertz CT molecular complexity index is 433. The summed E-state index contributed by atoms with van der Waals surface area (Å²) in [5, 5.41) is 11.5. The number of hydrogen-bond acceptors (Lipinski definition) is 2. The second kappa shape index (κ2) is 6.37. The van der Waals surface area contributed by atoms with Gasteiger partial charge in [-0.3, -0.25) is 4.79 Å². The van der Waals surface area contributed by atoms with E-state index in [1.807, 2.05) is 0 Å². The summed E-state index contributed by atoms with van der Waals surface area (Å²) in [6.45, 7) is 1.76. The maximum atomic E-state index is 12.8. The molecule has 1 rings (SSSR count). The van der Waals surface area contributed by atoms with E-state index in [9.17, 15) is 9.18 Å².